The van der Waals surface area contributed by atoms with Crippen LogP contribution in [0.2, 0.25) is 0 Å². The maximum Gasteiger partial charge on any atom is 0.411 e. The van der Waals surface area contributed by atoms with Crippen LogP contribution in [-0.2, 0) is 21.2 Å². The number of nitrogens with zero attached hydrogens (tertiary/aromatic N) is 1. The fourth-order valence-corrected chi connectivity index (χ4v) is 4.55. The number of nitrogens with one attached hydrogen (secondary N) is 2. The minimum absolute atomic E-state index is 0.00683. The highest BCUT2D eigenvalue weighted by molar-refractivity contribution is 7.89. The van der Waals surface area contributed by atoms with E-state index in [0.717, 1.165) is 9.87 Å². The maximum absolute atomic E-state index is 13.1. The quantitative estimate of drug-likeness (QED) is 0.751. The Morgan fingerprint density at radius 2 is 1.93 bits per heavy atom. The SMILES string of the molecule is CCOC(=O)Nc1ccc(S(=O)(=O)N2C[C@H](c3ccccc3)NC2=O)cc1CC. The first-order valence-corrected chi connectivity index (χ1v) is 10.8. The van der Waals surface area contributed by atoms with E-state index in [2.05, 4.69) is 10.6 Å². The van der Waals surface area contributed by atoms with Crippen LogP contribution in [0.25, 0.3) is 0 Å². The van der Waals surface area contributed by atoms with E-state index in [9.17, 15) is 18.0 Å². The normalized spacial score (nSPS) is 16.4. The van der Waals surface area contributed by atoms with Gasteiger partial charge in [-0.05, 0) is 42.7 Å². The molecule has 1 saturated heterocycles. The van der Waals surface area contributed by atoms with Crippen LogP contribution < -0.4 is 10.6 Å². The van der Waals surface area contributed by atoms with Gasteiger partial charge in [0.2, 0.25) is 0 Å². The molecule has 0 aromatic heterocycles. The average Bonchev–Trinajstić information content (AvgIpc) is 3.11. The van der Waals surface area contributed by atoms with Crippen molar-refractivity contribution in [3.8, 4) is 0 Å². The monoisotopic (exact) mass is 417 g/mol. The standard InChI is InChI=1S/C20H23N3O5S/c1-3-14-12-16(10-11-17(14)22-20(25)28-4-2)29(26,27)23-13-18(21-19(23)24)15-8-6-5-7-9-15/h5-12,18H,3-4,13H2,1-2H3,(H,21,24)(H,22,25)/t18-/m1/s1. The lowest BCUT2D eigenvalue weighted by Crippen LogP contribution is -2.34. The number of carbonyl (C=O) groups excluding carboxylic acids is 2. The molecule has 1 fully saturated rings. The fraction of sp³-hybridized carbons (Fsp3) is 0.300. The molecule has 0 radical (unpaired) electrons. The van der Waals surface area contributed by atoms with Gasteiger partial charge in [-0.1, -0.05) is 37.3 Å². The lowest BCUT2D eigenvalue weighted by molar-refractivity contribution is 0.168. The Kier molecular flexibility index (Phi) is 6.07. The number of benzene rings is 2. The van der Waals surface area contributed by atoms with Crippen LogP contribution in [0.4, 0.5) is 15.3 Å². The Bertz CT molecular complexity index is 1010. The van der Waals surface area contributed by atoms with Crippen LogP contribution in [0.5, 0.6) is 0 Å². The number of ether oxygens (including phenoxy) is 1. The fourth-order valence-electron chi connectivity index (χ4n) is 3.15. The zero-order valence-electron chi connectivity index (χ0n) is 16.2. The summed E-state index contributed by atoms with van der Waals surface area (Å²) >= 11 is 0. The maximum atomic E-state index is 13.1. The van der Waals surface area contributed by atoms with Crippen molar-refractivity contribution in [1.82, 2.24) is 9.62 Å². The van der Waals surface area contributed by atoms with E-state index in [1.54, 1.807) is 6.92 Å². The Balaban J connectivity index is 1.85. The minimum Gasteiger partial charge on any atom is -0.450 e. The van der Waals surface area contributed by atoms with E-state index in [-0.39, 0.29) is 18.0 Å². The minimum atomic E-state index is -4.04. The zero-order chi connectivity index (χ0) is 21.0. The molecule has 0 aliphatic carbocycles. The molecular formula is C20H23N3O5S. The van der Waals surface area contributed by atoms with Crippen LogP contribution >= 0.6 is 0 Å². The molecule has 3 rings (SSSR count). The van der Waals surface area contributed by atoms with E-state index in [4.69, 9.17) is 4.74 Å². The lowest BCUT2D eigenvalue weighted by Gasteiger charge is -2.17. The molecule has 1 atom stereocenters. The number of rotatable bonds is 6. The number of urea groups is 1. The van der Waals surface area contributed by atoms with Crippen molar-refractivity contribution in [3.05, 3.63) is 59.7 Å². The number of amides is 3. The molecule has 9 heteroatoms. The van der Waals surface area contributed by atoms with E-state index >= 15 is 0 Å². The molecule has 1 aliphatic rings. The number of hydrogen-bond acceptors (Lipinski definition) is 5. The van der Waals surface area contributed by atoms with Crippen LogP contribution in [0.1, 0.15) is 31.0 Å². The predicted molar refractivity (Wildman–Crippen MR) is 108 cm³/mol. The van der Waals surface area contributed by atoms with E-state index in [1.165, 1.54) is 18.2 Å². The summed E-state index contributed by atoms with van der Waals surface area (Å²) in [5.41, 5.74) is 1.93. The van der Waals surface area contributed by atoms with Gasteiger partial charge in [-0.2, -0.15) is 0 Å². The molecule has 0 unspecified atom stereocenters. The molecule has 1 heterocycles. The number of sulfonamides is 1. The molecule has 2 N–H and O–H groups in total. The summed E-state index contributed by atoms with van der Waals surface area (Å²) in [5.74, 6) is 0. The summed E-state index contributed by atoms with van der Waals surface area (Å²) in [5, 5.41) is 5.31. The van der Waals surface area contributed by atoms with Crippen LogP contribution in [-0.4, -0.2) is 38.0 Å². The molecule has 2 aromatic carbocycles. The molecule has 2 aromatic rings. The van der Waals surface area contributed by atoms with Gasteiger partial charge in [0.25, 0.3) is 10.0 Å². The van der Waals surface area contributed by atoms with Gasteiger partial charge in [-0.3, -0.25) is 5.32 Å². The third-order valence-electron chi connectivity index (χ3n) is 4.63. The molecule has 1 aliphatic heterocycles. The first-order valence-electron chi connectivity index (χ1n) is 9.31. The van der Waals surface area contributed by atoms with Crippen molar-refractivity contribution in [2.24, 2.45) is 0 Å². The van der Waals surface area contributed by atoms with Crippen molar-refractivity contribution in [3.63, 3.8) is 0 Å². The second kappa shape index (κ2) is 8.52. The van der Waals surface area contributed by atoms with E-state index < -0.39 is 28.2 Å². The van der Waals surface area contributed by atoms with Gasteiger partial charge in [-0.25, -0.2) is 22.3 Å². The number of hydrogen-bond donors (Lipinski definition) is 2. The molecule has 29 heavy (non-hydrogen) atoms. The summed E-state index contributed by atoms with van der Waals surface area (Å²) in [6.45, 7) is 3.78. The first kappa shape index (κ1) is 20.7. The number of carbonyl (C=O) groups is 2. The predicted octanol–water partition coefficient (Wildman–Crippen LogP) is 3.27. The molecule has 3 amide bonds. The summed E-state index contributed by atoms with van der Waals surface area (Å²) in [4.78, 5) is 24.0. The lowest BCUT2D eigenvalue weighted by atomic mass is 10.1. The molecule has 0 spiro atoms. The smallest absolute Gasteiger partial charge is 0.411 e. The van der Waals surface area contributed by atoms with Crippen molar-refractivity contribution in [2.45, 2.75) is 31.2 Å². The van der Waals surface area contributed by atoms with Crippen molar-refractivity contribution < 1.29 is 22.7 Å². The Morgan fingerprint density at radius 3 is 2.59 bits per heavy atom. The highest BCUT2D eigenvalue weighted by Gasteiger charge is 2.38. The summed E-state index contributed by atoms with van der Waals surface area (Å²) in [7, 11) is -4.04. The second-order valence-corrected chi connectivity index (χ2v) is 8.33. The zero-order valence-corrected chi connectivity index (χ0v) is 17.0. The highest BCUT2D eigenvalue weighted by Crippen LogP contribution is 2.28. The molecule has 0 bridgehead atoms. The van der Waals surface area contributed by atoms with Crippen molar-refractivity contribution in [1.29, 1.82) is 0 Å². The van der Waals surface area contributed by atoms with Gasteiger partial charge < -0.3 is 10.1 Å². The Hall–Kier alpha value is -3.07. The summed E-state index contributed by atoms with van der Waals surface area (Å²) in [6.07, 6.45) is -0.119. The summed E-state index contributed by atoms with van der Waals surface area (Å²) in [6, 6.07) is 12.5. The van der Waals surface area contributed by atoms with Crippen LogP contribution in [0.15, 0.2) is 53.4 Å². The Morgan fingerprint density at radius 1 is 1.21 bits per heavy atom. The van der Waals surface area contributed by atoms with E-state index in [0.29, 0.717) is 17.7 Å². The van der Waals surface area contributed by atoms with Gasteiger partial charge in [-0.15, -0.1) is 0 Å². The number of aryl methyl sites for hydroxylation is 1. The van der Waals surface area contributed by atoms with Gasteiger partial charge in [0.05, 0.1) is 24.1 Å². The topological polar surface area (TPSA) is 105 Å². The largest absolute Gasteiger partial charge is 0.450 e. The third kappa shape index (κ3) is 4.34. The Labute approximate surface area is 169 Å². The van der Waals surface area contributed by atoms with Crippen LogP contribution in [0, 0.1) is 0 Å². The van der Waals surface area contributed by atoms with Crippen LogP contribution in [0.3, 0.4) is 0 Å². The molecular weight excluding hydrogens is 394 g/mol. The van der Waals surface area contributed by atoms with Crippen molar-refractivity contribution >= 4 is 27.8 Å². The van der Waals surface area contributed by atoms with Gasteiger partial charge in [0.1, 0.15) is 0 Å². The van der Waals surface area contributed by atoms with Gasteiger partial charge in [0.15, 0.2) is 0 Å². The molecule has 0 saturated carbocycles. The summed E-state index contributed by atoms with van der Waals surface area (Å²) < 4.78 is 31.9. The third-order valence-corrected chi connectivity index (χ3v) is 6.38. The van der Waals surface area contributed by atoms with Crippen molar-refractivity contribution in [2.75, 3.05) is 18.5 Å². The van der Waals surface area contributed by atoms with E-state index in [1.807, 2.05) is 37.3 Å². The molecule has 154 valence electrons. The average molecular weight is 417 g/mol. The second-order valence-electron chi connectivity index (χ2n) is 6.47. The molecule has 8 nitrogen and oxygen atoms in total. The van der Waals surface area contributed by atoms with Gasteiger partial charge >= 0.3 is 12.1 Å². The van der Waals surface area contributed by atoms with Gasteiger partial charge in [0, 0.05) is 5.69 Å². The highest BCUT2D eigenvalue weighted by atomic mass is 32.2. The number of anilines is 1. The first-order chi connectivity index (χ1) is 13.9.